The number of hydrogen-bond donors (Lipinski definition) is 2. The zero-order valence-electron chi connectivity index (χ0n) is 17.6. The summed E-state index contributed by atoms with van der Waals surface area (Å²) in [7, 11) is 1.57. The standard InChI is InChI=1S/C20H28F2N4O4/c1-20(2,3)11-25(4)16(18(23)28)19(29)24-14-6-5-12(9-13(14)17(21)22)26-7-8-30-10-15(26)27/h5-6,9,16-17H,7-8,10-11H2,1-4H3,(H2,23,28)(H,24,29)/t16-/m1/s1. The molecule has 0 aliphatic carbocycles. The van der Waals surface area contributed by atoms with Crippen LogP contribution in [0.15, 0.2) is 18.2 Å². The summed E-state index contributed by atoms with van der Waals surface area (Å²) < 4.78 is 32.4. The van der Waals surface area contributed by atoms with Crippen molar-refractivity contribution in [2.45, 2.75) is 33.2 Å². The average Bonchev–Trinajstić information content (AvgIpc) is 2.60. The lowest BCUT2D eigenvalue weighted by Gasteiger charge is -2.31. The predicted molar refractivity (Wildman–Crippen MR) is 108 cm³/mol. The van der Waals surface area contributed by atoms with Gasteiger partial charge in [0.2, 0.25) is 5.91 Å². The number of alkyl halides is 2. The number of primary amides is 1. The molecule has 30 heavy (non-hydrogen) atoms. The van der Waals surface area contributed by atoms with E-state index in [-0.39, 0.29) is 35.8 Å². The maximum Gasteiger partial charge on any atom is 0.265 e. The van der Waals surface area contributed by atoms with Crippen molar-refractivity contribution in [3.05, 3.63) is 23.8 Å². The minimum Gasteiger partial charge on any atom is -0.370 e. The molecule has 0 radical (unpaired) electrons. The zero-order valence-corrected chi connectivity index (χ0v) is 17.6. The van der Waals surface area contributed by atoms with Crippen molar-refractivity contribution >= 4 is 29.1 Å². The SMILES string of the molecule is CN(CC(C)(C)C)[C@H](C(N)=O)C(=O)Nc1ccc(N2CCOCC2=O)cc1C(F)F. The van der Waals surface area contributed by atoms with Gasteiger partial charge in [0, 0.05) is 30.0 Å². The van der Waals surface area contributed by atoms with Crippen molar-refractivity contribution in [3.63, 3.8) is 0 Å². The summed E-state index contributed by atoms with van der Waals surface area (Å²) in [5.41, 5.74) is 4.87. The summed E-state index contributed by atoms with van der Waals surface area (Å²) in [5, 5.41) is 2.39. The van der Waals surface area contributed by atoms with Crippen LogP contribution in [-0.2, 0) is 19.1 Å². The van der Waals surface area contributed by atoms with E-state index in [1.165, 1.54) is 21.9 Å². The number of amides is 3. The van der Waals surface area contributed by atoms with Gasteiger partial charge < -0.3 is 20.7 Å². The molecular weight excluding hydrogens is 398 g/mol. The second-order valence-corrected chi connectivity index (χ2v) is 8.44. The Labute approximate surface area is 174 Å². The smallest absolute Gasteiger partial charge is 0.265 e. The van der Waals surface area contributed by atoms with E-state index in [2.05, 4.69) is 5.32 Å². The van der Waals surface area contributed by atoms with Crippen LogP contribution in [0.25, 0.3) is 0 Å². The van der Waals surface area contributed by atoms with E-state index in [0.29, 0.717) is 13.2 Å². The highest BCUT2D eigenvalue weighted by molar-refractivity contribution is 6.10. The number of nitrogens with zero attached hydrogens (tertiary/aromatic N) is 2. The molecule has 166 valence electrons. The van der Waals surface area contributed by atoms with E-state index >= 15 is 0 Å². The average molecular weight is 426 g/mol. The molecule has 0 spiro atoms. The van der Waals surface area contributed by atoms with Crippen molar-refractivity contribution in [1.82, 2.24) is 4.90 Å². The summed E-state index contributed by atoms with van der Waals surface area (Å²) in [5.74, 6) is -2.02. The first-order valence-electron chi connectivity index (χ1n) is 9.51. The topological polar surface area (TPSA) is 105 Å². The Bertz CT molecular complexity index is 810. The lowest BCUT2D eigenvalue weighted by molar-refractivity contribution is -0.132. The lowest BCUT2D eigenvalue weighted by Crippen LogP contribution is -2.52. The minimum atomic E-state index is -2.91. The number of carbonyl (C=O) groups excluding carboxylic acids is 3. The van der Waals surface area contributed by atoms with Crippen molar-refractivity contribution in [2.75, 3.05) is 43.6 Å². The van der Waals surface area contributed by atoms with Crippen LogP contribution >= 0.6 is 0 Å². The second kappa shape index (κ2) is 9.48. The molecule has 3 amide bonds. The molecule has 1 fully saturated rings. The molecule has 1 aromatic carbocycles. The van der Waals surface area contributed by atoms with E-state index < -0.39 is 29.8 Å². The Morgan fingerprint density at radius 2 is 2.00 bits per heavy atom. The summed E-state index contributed by atoms with van der Waals surface area (Å²) in [4.78, 5) is 39.4. The molecular formula is C20H28F2N4O4. The number of nitrogens with two attached hydrogens (primary N) is 1. The third-order valence-electron chi connectivity index (χ3n) is 4.51. The fraction of sp³-hybridized carbons (Fsp3) is 0.550. The van der Waals surface area contributed by atoms with Gasteiger partial charge in [-0.2, -0.15) is 0 Å². The number of nitrogens with one attached hydrogen (secondary N) is 1. The molecule has 0 bridgehead atoms. The molecule has 3 N–H and O–H groups in total. The van der Waals surface area contributed by atoms with E-state index in [0.717, 1.165) is 6.07 Å². The van der Waals surface area contributed by atoms with Gasteiger partial charge in [-0.3, -0.25) is 19.3 Å². The molecule has 0 unspecified atom stereocenters. The number of likely N-dealkylation sites (N-methyl/N-ethyl adjacent to an activating group) is 1. The maximum atomic E-state index is 13.7. The first-order chi connectivity index (χ1) is 13.9. The summed E-state index contributed by atoms with van der Waals surface area (Å²) in [6, 6.07) is 2.58. The molecule has 0 saturated carbocycles. The Morgan fingerprint density at radius 1 is 1.33 bits per heavy atom. The molecule has 1 saturated heterocycles. The highest BCUT2D eigenvalue weighted by atomic mass is 19.3. The third-order valence-corrected chi connectivity index (χ3v) is 4.51. The van der Waals surface area contributed by atoms with Gasteiger partial charge in [-0.25, -0.2) is 8.78 Å². The first kappa shape index (κ1) is 23.7. The van der Waals surface area contributed by atoms with Crippen LogP contribution in [-0.4, -0.2) is 62.0 Å². The van der Waals surface area contributed by atoms with Crippen LogP contribution in [0.1, 0.15) is 32.8 Å². The maximum absolute atomic E-state index is 13.7. The van der Waals surface area contributed by atoms with Crippen molar-refractivity contribution in [2.24, 2.45) is 11.1 Å². The number of carbonyl (C=O) groups is 3. The fourth-order valence-electron chi connectivity index (χ4n) is 3.39. The zero-order chi connectivity index (χ0) is 22.6. The molecule has 1 aliphatic rings. The molecule has 10 heteroatoms. The van der Waals surface area contributed by atoms with Gasteiger partial charge in [0.1, 0.15) is 6.61 Å². The van der Waals surface area contributed by atoms with E-state index in [9.17, 15) is 23.2 Å². The quantitative estimate of drug-likeness (QED) is 0.647. The van der Waals surface area contributed by atoms with Crippen LogP contribution in [0.5, 0.6) is 0 Å². The minimum absolute atomic E-state index is 0.122. The largest absolute Gasteiger partial charge is 0.370 e. The highest BCUT2D eigenvalue weighted by Crippen LogP contribution is 2.32. The van der Waals surface area contributed by atoms with Gasteiger partial charge >= 0.3 is 0 Å². The summed E-state index contributed by atoms with van der Waals surface area (Å²) >= 11 is 0. The van der Waals surface area contributed by atoms with Gasteiger partial charge in [-0.15, -0.1) is 0 Å². The van der Waals surface area contributed by atoms with E-state index in [4.69, 9.17) is 10.5 Å². The van der Waals surface area contributed by atoms with Crippen LogP contribution in [0.3, 0.4) is 0 Å². The number of ether oxygens (including phenoxy) is 1. The Kier molecular flexibility index (Phi) is 7.49. The Hall–Kier alpha value is -2.59. The lowest BCUT2D eigenvalue weighted by atomic mass is 9.95. The Balaban J connectivity index is 2.28. The van der Waals surface area contributed by atoms with Crippen LogP contribution in [0.4, 0.5) is 20.2 Å². The van der Waals surface area contributed by atoms with Gasteiger partial charge in [-0.05, 0) is 30.7 Å². The van der Waals surface area contributed by atoms with Crippen LogP contribution in [0, 0.1) is 5.41 Å². The molecule has 1 aromatic rings. The van der Waals surface area contributed by atoms with Crippen LogP contribution < -0.4 is 16.0 Å². The summed E-state index contributed by atoms with van der Waals surface area (Å²) in [6.07, 6.45) is -2.91. The van der Waals surface area contributed by atoms with Crippen LogP contribution in [0.2, 0.25) is 0 Å². The number of benzene rings is 1. The van der Waals surface area contributed by atoms with Crippen molar-refractivity contribution < 1.29 is 27.9 Å². The molecule has 2 rings (SSSR count). The van der Waals surface area contributed by atoms with E-state index in [1.807, 2.05) is 20.8 Å². The number of morpholine rings is 1. The molecule has 8 nitrogen and oxygen atoms in total. The molecule has 0 aromatic heterocycles. The van der Waals surface area contributed by atoms with Crippen molar-refractivity contribution in [1.29, 1.82) is 0 Å². The third kappa shape index (κ3) is 5.96. The van der Waals surface area contributed by atoms with E-state index in [1.54, 1.807) is 7.05 Å². The molecule has 1 heterocycles. The number of hydrogen-bond acceptors (Lipinski definition) is 5. The van der Waals surface area contributed by atoms with Gasteiger partial charge in [0.05, 0.1) is 6.61 Å². The normalized spacial score (nSPS) is 16.1. The number of halogens is 2. The number of rotatable bonds is 7. The molecule has 1 aliphatic heterocycles. The van der Waals surface area contributed by atoms with Gasteiger partial charge in [-0.1, -0.05) is 20.8 Å². The van der Waals surface area contributed by atoms with Gasteiger partial charge in [0.25, 0.3) is 18.2 Å². The van der Waals surface area contributed by atoms with Gasteiger partial charge in [0.15, 0.2) is 6.04 Å². The Morgan fingerprint density at radius 3 is 2.53 bits per heavy atom. The second-order valence-electron chi connectivity index (χ2n) is 8.44. The fourth-order valence-corrected chi connectivity index (χ4v) is 3.39. The first-order valence-corrected chi connectivity index (χ1v) is 9.51. The number of anilines is 2. The highest BCUT2D eigenvalue weighted by Gasteiger charge is 2.32. The summed E-state index contributed by atoms with van der Waals surface area (Å²) in [6.45, 7) is 6.60. The molecule has 1 atom stereocenters. The predicted octanol–water partition coefficient (Wildman–Crippen LogP) is 1.76. The monoisotopic (exact) mass is 426 g/mol. The van der Waals surface area contributed by atoms with Crippen molar-refractivity contribution in [3.8, 4) is 0 Å².